The number of aryl methyl sites for hydroxylation is 1. The molecule has 64 valence electrons. The van der Waals surface area contributed by atoms with Gasteiger partial charge in [0.1, 0.15) is 0 Å². The highest BCUT2D eigenvalue weighted by Crippen LogP contribution is 2.30. The highest BCUT2D eigenvalue weighted by atomic mass is 15.1. The highest BCUT2D eigenvalue weighted by Gasteiger charge is 2.17. The van der Waals surface area contributed by atoms with Crippen LogP contribution in [0.5, 0.6) is 0 Å². The average Bonchev–Trinajstić information content (AvgIpc) is 2.41. The van der Waals surface area contributed by atoms with Gasteiger partial charge in [-0.1, -0.05) is 6.07 Å². The third-order valence-electron chi connectivity index (χ3n) is 2.95. The van der Waals surface area contributed by atoms with E-state index in [4.69, 9.17) is 0 Å². The fourth-order valence-electron chi connectivity index (χ4n) is 1.93. The number of likely N-dealkylation sites (N-methyl/N-ethyl adjacent to an activating group) is 1. The van der Waals surface area contributed by atoms with Crippen LogP contribution in [0, 0.1) is 13.8 Å². The van der Waals surface area contributed by atoms with E-state index in [9.17, 15) is 0 Å². The number of benzene rings is 1. The molecule has 0 aromatic heterocycles. The molecule has 0 fully saturated rings. The summed E-state index contributed by atoms with van der Waals surface area (Å²) in [5.74, 6) is 0. The van der Waals surface area contributed by atoms with Crippen LogP contribution in [0.3, 0.4) is 0 Å². The Hall–Kier alpha value is -0.980. The van der Waals surface area contributed by atoms with Crippen LogP contribution in [0.1, 0.15) is 16.7 Å². The van der Waals surface area contributed by atoms with Crippen LogP contribution >= 0.6 is 0 Å². The number of fused-ring (bicyclic) bond motifs is 1. The molecular weight excluding hydrogens is 146 g/mol. The van der Waals surface area contributed by atoms with Gasteiger partial charge in [0.05, 0.1) is 0 Å². The third kappa shape index (κ3) is 0.927. The topological polar surface area (TPSA) is 3.24 Å². The van der Waals surface area contributed by atoms with Crippen molar-refractivity contribution in [1.29, 1.82) is 0 Å². The zero-order chi connectivity index (χ0) is 8.72. The third-order valence-corrected chi connectivity index (χ3v) is 2.95. The molecule has 1 aliphatic rings. The maximum atomic E-state index is 2.34. The van der Waals surface area contributed by atoms with Crippen LogP contribution in [0.15, 0.2) is 12.1 Å². The minimum atomic E-state index is 1.18. The van der Waals surface area contributed by atoms with Crippen LogP contribution in [0.4, 0.5) is 5.69 Å². The van der Waals surface area contributed by atoms with E-state index in [0.29, 0.717) is 0 Å². The largest absolute Gasteiger partial charge is 0.374 e. The summed E-state index contributed by atoms with van der Waals surface area (Å²) in [4.78, 5) is 2.34. The van der Waals surface area contributed by atoms with Crippen LogP contribution in [0.25, 0.3) is 0 Å². The van der Waals surface area contributed by atoms with Crippen molar-refractivity contribution < 1.29 is 0 Å². The van der Waals surface area contributed by atoms with Gasteiger partial charge in [0, 0.05) is 19.3 Å². The van der Waals surface area contributed by atoms with Crippen LogP contribution in [0.2, 0.25) is 0 Å². The van der Waals surface area contributed by atoms with Crippen LogP contribution in [-0.4, -0.2) is 13.6 Å². The monoisotopic (exact) mass is 161 g/mol. The Labute approximate surface area is 74.0 Å². The fourth-order valence-corrected chi connectivity index (χ4v) is 1.93. The molecule has 1 aliphatic heterocycles. The SMILES string of the molecule is Cc1ccc2c(c1C)CCN2C. The molecule has 0 atom stereocenters. The lowest BCUT2D eigenvalue weighted by atomic mass is 10.0. The average molecular weight is 161 g/mol. The maximum Gasteiger partial charge on any atom is 0.0399 e. The smallest absolute Gasteiger partial charge is 0.0399 e. The van der Waals surface area contributed by atoms with E-state index in [2.05, 4.69) is 37.9 Å². The Morgan fingerprint density at radius 3 is 2.75 bits per heavy atom. The lowest BCUT2D eigenvalue weighted by molar-refractivity contribution is 0.953. The summed E-state index contributed by atoms with van der Waals surface area (Å²) in [5, 5.41) is 0. The van der Waals surface area contributed by atoms with Gasteiger partial charge in [-0.05, 0) is 43.0 Å². The van der Waals surface area contributed by atoms with Crippen molar-refractivity contribution in [3.8, 4) is 0 Å². The lowest BCUT2D eigenvalue weighted by Crippen LogP contribution is -2.12. The molecule has 0 unspecified atom stereocenters. The van der Waals surface area contributed by atoms with Gasteiger partial charge in [0.25, 0.3) is 0 Å². The second-order valence-corrected chi connectivity index (χ2v) is 3.68. The van der Waals surface area contributed by atoms with E-state index in [-0.39, 0.29) is 0 Å². The molecule has 1 heteroatoms. The molecule has 0 radical (unpaired) electrons. The number of rotatable bonds is 0. The minimum absolute atomic E-state index is 1.18. The highest BCUT2D eigenvalue weighted by molar-refractivity contribution is 5.61. The molecule has 0 aliphatic carbocycles. The van der Waals surface area contributed by atoms with E-state index in [1.807, 2.05) is 0 Å². The Balaban J connectivity index is 2.60. The van der Waals surface area contributed by atoms with Gasteiger partial charge >= 0.3 is 0 Å². The number of nitrogens with zero attached hydrogens (tertiary/aromatic N) is 1. The summed E-state index contributed by atoms with van der Waals surface area (Å²) >= 11 is 0. The van der Waals surface area contributed by atoms with E-state index in [0.717, 1.165) is 0 Å². The summed E-state index contributed by atoms with van der Waals surface area (Å²) in [6.07, 6.45) is 1.22. The van der Waals surface area contributed by atoms with Gasteiger partial charge in [-0.25, -0.2) is 0 Å². The summed E-state index contributed by atoms with van der Waals surface area (Å²) in [6, 6.07) is 4.46. The lowest BCUT2D eigenvalue weighted by Gasteiger charge is -2.13. The molecule has 1 nitrogen and oxygen atoms in total. The minimum Gasteiger partial charge on any atom is -0.374 e. The van der Waals surface area contributed by atoms with Gasteiger partial charge in [0.2, 0.25) is 0 Å². The first-order valence-electron chi connectivity index (χ1n) is 4.50. The van der Waals surface area contributed by atoms with Crippen molar-refractivity contribution >= 4 is 5.69 Å². The van der Waals surface area contributed by atoms with Crippen molar-refractivity contribution in [3.63, 3.8) is 0 Å². The first-order chi connectivity index (χ1) is 5.70. The van der Waals surface area contributed by atoms with Gasteiger partial charge in [-0.15, -0.1) is 0 Å². The van der Waals surface area contributed by atoms with Crippen LogP contribution < -0.4 is 4.90 Å². The predicted octanol–water partition coefficient (Wildman–Crippen LogP) is 2.30. The molecule has 0 N–H and O–H groups in total. The molecule has 0 spiro atoms. The van der Waals surface area contributed by atoms with Crippen molar-refractivity contribution in [2.45, 2.75) is 20.3 Å². The molecular formula is C11H15N. The second kappa shape index (κ2) is 2.51. The number of hydrogen-bond acceptors (Lipinski definition) is 1. The fraction of sp³-hybridized carbons (Fsp3) is 0.455. The standard InChI is InChI=1S/C11H15N/c1-8-4-5-11-10(9(8)2)6-7-12(11)3/h4-5H,6-7H2,1-3H3. The Morgan fingerprint density at radius 1 is 1.25 bits per heavy atom. The van der Waals surface area contributed by atoms with Crippen molar-refractivity contribution in [3.05, 3.63) is 28.8 Å². The van der Waals surface area contributed by atoms with E-state index in [1.165, 1.54) is 29.8 Å². The van der Waals surface area contributed by atoms with Gasteiger partial charge in [0.15, 0.2) is 0 Å². The molecule has 0 amide bonds. The van der Waals surface area contributed by atoms with E-state index < -0.39 is 0 Å². The first kappa shape index (κ1) is 7.66. The molecule has 0 saturated heterocycles. The number of anilines is 1. The quantitative estimate of drug-likeness (QED) is 0.564. The second-order valence-electron chi connectivity index (χ2n) is 3.68. The first-order valence-corrected chi connectivity index (χ1v) is 4.50. The molecule has 2 rings (SSSR count). The van der Waals surface area contributed by atoms with Crippen molar-refractivity contribution in [1.82, 2.24) is 0 Å². The molecule has 1 aromatic carbocycles. The number of hydrogen-bond donors (Lipinski definition) is 0. The molecule has 1 aromatic rings. The normalized spacial score (nSPS) is 15.1. The van der Waals surface area contributed by atoms with Gasteiger partial charge in [-0.3, -0.25) is 0 Å². The van der Waals surface area contributed by atoms with Crippen molar-refractivity contribution in [2.75, 3.05) is 18.5 Å². The van der Waals surface area contributed by atoms with Crippen LogP contribution in [-0.2, 0) is 6.42 Å². The predicted molar refractivity (Wildman–Crippen MR) is 52.9 cm³/mol. The summed E-state index contributed by atoms with van der Waals surface area (Å²) in [5.41, 5.74) is 5.89. The molecule has 12 heavy (non-hydrogen) atoms. The zero-order valence-corrected chi connectivity index (χ0v) is 8.02. The molecule has 1 heterocycles. The Kier molecular flexibility index (Phi) is 1.60. The zero-order valence-electron chi connectivity index (χ0n) is 8.02. The van der Waals surface area contributed by atoms with E-state index in [1.54, 1.807) is 5.56 Å². The Bertz CT molecular complexity index is 315. The maximum absolute atomic E-state index is 2.34. The van der Waals surface area contributed by atoms with E-state index >= 15 is 0 Å². The Morgan fingerprint density at radius 2 is 2.00 bits per heavy atom. The molecule has 0 bridgehead atoms. The van der Waals surface area contributed by atoms with Gasteiger partial charge in [-0.2, -0.15) is 0 Å². The summed E-state index contributed by atoms with van der Waals surface area (Å²) in [6.45, 7) is 5.60. The summed E-state index contributed by atoms with van der Waals surface area (Å²) < 4.78 is 0. The summed E-state index contributed by atoms with van der Waals surface area (Å²) in [7, 11) is 2.17. The van der Waals surface area contributed by atoms with Crippen molar-refractivity contribution in [2.24, 2.45) is 0 Å². The molecule has 0 saturated carbocycles. The van der Waals surface area contributed by atoms with Gasteiger partial charge < -0.3 is 4.90 Å².